The van der Waals surface area contributed by atoms with Crippen molar-refractivity contribution in [2.75, 3.05) is 5.75 Å². The molecule has 0 aromatic rings. The molecule has 1 atom stereocenters. The zero-order valence-corrected chi connectivity index (χ0v) is 5.67. The molecule has 0 rings (SSSR count). The smallest absolute Gasteiger partial charge is 0.340 e. The fourth-order valence-electron chi connectivity index (χ4n) is 0.235. The molecule has 9 heavy (non-hydrogen) atoms. The number of esters is 1. The van der Waals surface area contributed by atoms with E-state index in [0.717, 1.165) is 6.26 Å². The average Bonchev–Trinajstić information content (AvgIpc) is 1.87. The van der Waals surface area contributed by atoms with E-state index < -0.39 is 12.1 Å². The van der Waals surface area contributed by atoms with Gasteiger partial charge >= 0.3 is 5.97 Å². The Morgan fingerprint density at radius 3 is 2.89 bits per heavy atom. The molecule has 3 nitrogen and oxygen atoms in total. The molecule has 0 fully saturated rings. The topological polar surface area (TPSA) is 46.5 Å². The van der Waals surface area contributed by atoms with Gasteiger partial charge in [0.05, 0.1) is 6.26 Å². The zero-order valence-electron chi connectivity index (χ0n) is 4.78. The van der Waals surface area contributed by atoms with Gasteiger partial charge in [-0.05, 0) is 0 Å². The molecule has 0 aliphatic rings. The van der Waals surface area contributed by atoms with Gasteiger partial charge in [-0.25, -0.2) is 4.79 Å². The molecule has 1 N–H and O–H groups in total. The number of hydrogen-bond acceptors (Lipinski definition) is 4. The van der Waals surface area contributed by atoms with E-state index in [4.69, 9.17) is 5.11 Å². The molecule has 0 aliphatic carbocycles. The van der Waals surface area contributed by atoms with Crippen molar-refractivity contribution in [1.82, 2.24) is 0 Å². The fraction of sp³-hybridized carbons (Fsp3) is 0.400. The monoisotopic (exact) mass is 148 g/mol. The Morgan fingerprint density at radius 1 is 2.00 bits per heavy atom. The van der Waals surface area contributed by atoms with Crippen LogP contribution in [0.5, 0.6) is 0 Å². The van der Waals surface area contributed by atoms with Gasteiger partial charge in [-0.3, -0.25) is 0 Å². The molecular weight excluding hydrogens is 140 g/mol. The van der Waals surface area contributed by atoms with Crippen molar-refractivity contribution in [1.29, 1.82) is 0 Å². The molecule has 0 spiro atoms. The summed E-state index contributed by atoms with van der Waals surface area (Å²) in [6, 6.07) is 0. The van der Waals surface area contributed by atoms with Crippen LogP contribution in [0.2, 0.25) is 0 Å². The van der Waals surface area contributed by atoms with Crippen molar-refractivity contribution in [3.63, 3.8) is 0 Å². The van der Waals surface area contributed by atoms with Gasteiger partial charge in [0, 0.05) is 5.75 Å². The molecule has 0 aliphatic heterocycles. The van der Waals surface area contributed by atoms with E-state index >= 15 is 0 Å². The molecule has 0 saturated carbocycles. The Kier molecular flexibility index (Phi) is 4.17. The lowest BCUT2D eigenvalue weighted by Crippen LogP contribution is -2.22. The van der Waals surface area contributed by atoms with Gasteiger partial charge in [-0.2, -0.15) is 12.6 Å². The van der Waals surface area contributed by atoms with Crippen molar-refractivity contribution >= 4 is 18.6 Å². The molecule has 52 valence electrons. The number of aliphatic hydroxyl groups excluding tert-OH is 1. The molecule has 0 saturated heterocycles. The highest BCUT2D eigenvalue weighted by Gasteiger charge is 2.12. The van der Waals surface area contributed by atoms with Crippen LogP contribution in [0.3, 0.4) is 0 Å². The van der Waals surface area contributed by atoms with Crippen molar-refractivity contribution in [2.24, 2.45) is 0 Å². The Hall–Kier alpha value is -0.480. The summed E-state index contributed by atoms with van der Waals surface area (Å²) in [7, 11) is 0. The highest BCUT2D eigenvalue weighted by atomic mass is 32.1. The third kappa shape index (κ3) is 3.16. The third-order valence-corrected chi connectivity index (χ3v) is 0.990. The van der Waals surface area contributed by atoms with Crippen LogP contribution in [0.4, 0.5) is 0 Å². The summed E-state index contributed by atoms with van der Waals surface area (Å²) in [5.41, 5.74) is 0. The van der Waals surface area contributed by atoms with Crippen LogP contribution < -0.4 is 0 Å². The predicted octanol–water partition coefficient (Wildman–Crippen LogP) is -0.0362. The van der Waals surface area contributed by atoms with Crippen LogP contribution in [0.1, 0.15) is 0 Å². The minimum atomic E-state index is -1.15. The quantitative estimate of drug-likeness (QED) is 0.335. The van der Waals surface area contributed by atoms with E-state index in [0.29, 0.717) is 0 Å². The number of ether oxygens (including phenoxy) is 1. The summed E-state index contributed by atoms with van der Waals surface area (Å²) < 4.78 is 4.22. The van der Waals surface area contributed by atoms with E-state index in [2.05, 4.69) is 23.9 Å². The number of hydrogen-bond donors (Lipinski definition) is 2. The van der Waals surface area contributed by atoms with E-state index in [1.165, 1.54) is 0 Å². The van der Waals surface area contributed by atoms with Crippen molar-refractivity contribution in [2.45, 2.75) is 6.10 Å². The molecule has 0 amide bonds. The molecule has 0 aromatic heterocycles. The number of carbonyl (C=O) groups is 1. The van der Waals surface area contributed by atoms with Crippen LogP contribution in [0.25, 0.3) is 0 Å². The summed E-state index contributed by atoms with van der Waals surface area (Å²) in [5.74, 6) is -0.660. The lowest BCUT2D eigenvalue weighted by molar-refractivity contribution is -0.146. The largest absolute Gasteiger partial charge is 0.433 e. The lowest BCUT2D eigenvalue weighted by atomic mass is 10.4. The van der Waals surface area contributed by atoms with E-state index in [-0.39, 0.29) is 5.75 Å². The van der Waals surface area contributed by atoms with Gasteiger partial charge in [0.2, 0.25) is 0 Å². The van der Waals surface area contributed by atoms with Crippen molar-refractivity contribution < 1.29 is 14.6 Å². The van der Waals surface area contributed by atoms with Gasteiger partial charge in [0.25, 0.3) is 0 Å². The summed E-state index contributed by atoms with van der Waals surface area (Å²) in [5, 5.41) is 8.66. The lowest BCUT2D eigenvalue weighted by Gasteiger charge is -2.02. The average molecular weight is 148 g/mol. The minimum absolute atomic E-state index is 0.0622. The first-order valence-electron chi connectivity index (χ1n) is 2.32. The summed E-state index contributed by atoms with van der Waals surface area (Å²) >= 11 is 3.66. The van der Waals surface area contributed by atoms with Crippen LogP contribution in [-0.2, 0) is 9.53 Å². The van der Waals surface area contributed by atoms with Crippen LogP contribution >= 0.6 is 12.6 Å². The molecule has 0 bridgehead atoms. The second-order valence-electron chi connectivity index (χ2n) is 1.30. The maximum atomic E-state index is 10.4. The maximum absolute atomic E-state index is 10.4. The van der Waals surface area contributed by atoms with Crippen LogP contribution in [0.15, 0.2) is 12.8 Å². The molecular formula is C5H8O3S. The summed E-state index contributed by atoms with van der Waals surface area (Å²) in [6.07, 6.45) is -0.180. The number of rotatable bonds is 3. The van der Waals surface area contributed by atoms with Crippen molar-refractivity contribution in [3.05, 3.63) is 12.8 Å². The Morgan fingerprint density at radius 2 is 2.56 bits per heavy atom. The van der Waals surface area contributed by atoms with Gasteiger partial charge < -0.3 is 9.84 Å². The second kappa shape index (κ2) is 4.40. The van der Waals surface area contributed by atoms with Gasteiger partial charge in [-0.15, -0.1) is 0 Å². The number of aliphatic hydroxyl groups is 1. The molecule has 0 radical (unpaired) electrons. The Bertz CT molecular complexity index is 113. The fourth-order valence-corrected chi connectivity index (χ4v) is 0.384. The van der Waals surface area contributed by atoms with E-state index in [9.17, 15) is 4.79 Å². The second-order valence-corrected chi connectivity index (χ2v) is 1.67. The first kappa shape index (κ1) is 8.52. The summed E-state index contributed by atoms with van der Waals surface area (Å²) in [6.45, 7) is 3.14. The van der Waals surface area contributed by atoms with E-state index in [1.807, 2.05) is 0 Å². The van der Waals surface area contributed by atoms with Gasteiger partial charge in [0.1, 0.15) is 0 Å². The number of carbonyl (C=O) groups excluding carboxylic acids is 1. The van der Waals surface area contributed by atoms with Crippen LogP contribution in [0, 0.1) is 0 Å². The third-order valence-electron chi connectivity index (χ3n) is 0.644. The maximum Gasteiger partial charge on any atom is 0.340 e. The summed E-state index contributed by atoms with van der Waals surface area (Å²) in [4.78, 5) is 10.4. The molecule has 0 aromatic carbocycles. The highest BCUT2D eigenvalue weighted by molar-refractivity contribution is 7.80. The van der Waals surface area contributed by atoms with Gasteiger partial charge in [0.15, 0.2) is 6.10 Å². The molecule has 4 heteroatoms. The molecule has 1 unspecified atom stereocenters. The Balaban J connectivity index is 3.58. The SMILES string of the molecule is C=COC(=O)C(O)CS. The first-order chi connectivity index (χ1) is 4.22. The van der Waals surface area contributed by atoms with Crippen molar-refractivity contribution in [3.8, 4) is 0 Å². The Labute approximate surface area is 58.7 Å². The standard InChI is InChI=1S/C5H8O3S/c1-2-8-5(7)4(6)3-9/h2,4,6,9H,1,3H2. The first-order valence-corrected chi connectivity index (χ1v) is 2.96. The minimum Gasteiger partial charge on any atom is -0.433 e. The van der Waals surface area contributed by atoms with Crippen LogP contribution in [-0.4, -0.2) is 22.9 Å². The zero-order chi connectivity index (χ0) is 7.28. The normalized spacial score (nSPS) is 12.2. The molecule has 0 heterocycles. The van der Waals surface area contributed by atoms with Gasteiger partial charge in [-0.1, -0.05) is 6.58 Å². The number of thiol groups is 1. The predicted molar refractivity (Wildman–Crippen MR) is 36.1 cm³/mol. The van der Waals surface area contributed by atoms with E-state index in [1.54, 1.807) is 0 Å². The highest BCUT2D eigenvalue weighted by Crippen LogP contribution is 1.90.